The van der Waals surface area contributed by atoms with Crippen molar-refractivity contribution in [2.75, 3.05) is 11.3 Å². The van der Waals surface area contributed by atoms with Crippen molar-refractivity contribution in [1.29, 1.82) is 0 Å². The van der Waals surface area contributed by atoms with Crippen molar-refractivity contribution in [3.8, 4) is 0 Å². The van der Waals surface area contributed by atoms with Crippen molar-refractivity contribution >= 4 is 31.6 Å². The van der Waals surface area contributed by atoms with Crippen LogP contribution in [0.2, 0.25) is 0 Å². The lowest BCUT2D eigenvalue weighted by Gasteiger charge is -2.12. The molecule has 0 aromatic heterocycles. The zero-order valence-electron chi connectivity index (χ0n) is 8.44. The van der Waals surface area contributed by atoms with Crippen LogP contribution in [0.3, 0.4) is 0 Å². The molecule has 0 saturated carbocycles. The first kappa shape index (κ1) is 13.4. The van der Waals surface area contributed by atoms with Crippen LogP contribution in [0.25, 0.3) is 0 Å². The number of anilines is 1. The van der Waals surface area contributed by atoms with E-state index in [4.69, 9.17) is 5.11 Å². The molecule has 0 aliphatic carbocycles. The zero-order valence-corrected chi connectivity index (χ0v) is 10.8. The molecule has 4 nitrogen and oxygen atoms in total. The molecule has 1 aromatic rings. The third-order valence-corrected chi connectivity index (χ3v) is 4.18. The number of sulfonamides is 1. The Balaban J connectivity index is 2.97. The SMILES string of the molecule is CC(CO)S(=O)(=O)Nc1ccc(Br)cc1F. The molecular weight excluding hydrogens is 301 g/mol. The van der Waals surface area contributed by atoms with E-state index in [0.29, 0.717) is 4.47 Å². The van der Waals surface area contributed by atoms with Crippen LogP contribution < -0.4 is 4.72 Å². The van der Waals surface area contributed by atoms with Crippen LogP contribution in [0.1, 0.15) is 6.92 Å². The minimum atomic E-state index is -3.75. The molecule has 2 N–H and O–H groups in total. The number of halogens is 2. The molecule has 0 aliphatic heterocycles. The highest BCUT2D eigenvalue weighted by Gasteiger charge is 2.20. The van der Waals surface area contributed by atoms with Gasteiger partial charge >= 0.3 is 0 Å². The number of hydrogen-bond acceptors (Lipinski definition) is 3. The van der Waals surface area contributed by atoms with Gasteiger partial charge in [-0.15, -0.1) is 0 Å². The fourth-order valence-corrected chi connectivity index (χ4v) is 2.13. The molecule has 7 heteroatoms. The summed E-state index contributed by atoms with van der Waals surface area (Å²) in [6, 6.07) is 3.98. The highest BCUT2D eigenvalue weighted by Crippen LogP contribution is 2.21. The molecule has 0 radical (unpaired) electrons. The highest BCUT2D eigenvalue weighted by molar-refractivity contribution is 9.10. The first-order chi connectivity index (χ1) is 7.36. The third kappa shape index (κ3) is 3.16. The standard InChI is InChI=1S/C9H11BrFNO3S/c1-6(5-13)16(14,15)12-9-3-2-7(10)4-8(9)11/h2-4,6,12-13H,5H2,1H3. The van der Waals surface area contributed by atoms with Crippen molar-refractivity contribution in [3.05, 3.63) is 28.5 Å². The summed E-state index contributed by atoms with van der Waals surface area (Å²) in [5.41, 5.74) is -0.136. The van der Waals surface area contributed by atoms with Crippen molar-refractivity contribution < 1.29 is 17.9 Å². The van der Waals surface area contributed by atoms with Crippen LogP contribution >= 0.6 is 15.9 Å². The number of aliphatic hydroxyl groups is 1. The monoisotopic (exact) mass is 311 g/mol. The minimum absolute atomic E-state index is 0.136. The largest absolute Gasteiger partial charge is 0.395 e. The second-order valence-corrected chi connectivity index (χ2v) is 6.28. The number of hydrogen-bond donors (Lipinski definition) is 2. The molecule has 0 amide bonds. The van der Waals surface area contributed by atoms with Gasteiger partial charge in [-0.2, -0.15) is 0 Å². The molecule has 16 heavy (non-hydrogen) atoms. The molecule has 1 unspecified atom stereocenters. The summed E-state index contributed by atoms with van der Waals surface area (Å²) in [7, 11) is -3.75. The van der Waals surface area contributed by atoms with Gasteiger partial charge in [0.2, 0.25) is 10.0 Å². The lowest BCUT2D eigenvalue weighted by atomic mass is 10.3. The van der Waals surface area contributed by atoms with Crippen molar-refractivity contribution in [2.45, 2.75) is 12.2 Å². The third-order valence-electron chi connectivity index (χ3n) is 1.97. The minimum Gasteiger partial charge on any atom is -0.395 e. The topological polar surface area (TPSA) is 66.4 Å². The summed E-state index contributed by atoms with van der Waals surface area (Å²) < 4.78 is 39.0. The summed E-state index contributed by atoms with van der Waals surface area (Å²) in [6.07, 6.45) is 0. The summed E-state index contributed by atoms with van der Waals surface area (Å²) in [4.78, 5) is 0. The maximum atomic E-state index is 13.3. The molecule has 0 fully saturated rings. The van der Waals surface area contributed by atoms with E-state index in [1.54, 1.807) is 0 Å². The van der Waals surface area contributed by atoms with E-state index >= 15 is 0 Å². The summed E-state index contributed by atoms with van der Waals surface area (Å²) >= 11 is 3.06. The van der Waals surface area contributed by atoms with Gasteiger partial charge in [0.05, 0.1) is 12.3 Å². The van der Waals surface area contributed by atoms with E-state index < -0.39 is 27.7 Å². The van der Waals surface area contributed by atoms with Crippen LogP contribution in [0.15, 0.2) is 22.7 Å². The number of aliphatic hydroxyl groups excluding tert-OH is 1. The Morgan fingerprint density at radius 3 is 2.69 bits per heavy atom. The fraction of sp³-hybridized carbons (Fsp3) is 0.333. The van der Waals surface area contributed by atoms with Gasteiger partial charge in [-0.05, 0) is 25.1 Å². The Kier molecular flexibility index (Phi) is 4.28. The van der Waals surface area contributed by atoms with Crippen LogP contribution in [0.4, 0.5) is 10.1 Å². The van der Waals surface area contributed by atoms with Gasteiger partial charge in [0.25, 0.3) is 0 Å². The van der Waals surface area contributed by atoms with Crippen LogP contribution in [-0.4, -0.2) is 25.4 Å². The Bertz CT molecular complexity index is 478. The lowest BCUT2D eigenvalue weighted by molar-refractivity contribution is 0.296. The van der Waals surface area contributed by atoms with E-state index in [1.165, 1.54) is 19.1 Å². The highest BCUT2D eigenvalue weighted by atomic mass is 79.9. The quantitative estimate of drug-likeness (QED) is 0.889. The second kappa shape index (κ2) is 5.11. The first-order valence-electron chi connectivity index (χ1n) is 4.44. The van der Waals surface area contributed by atoms with Crippen LogP contribution in [0.5, 0.6) is 0 Å². The van der Waals surface area contributed by atoms with Gasteiger partial charge in [-0.3, -0.25) is 4.72 Å². The summed E-state index contributed by atoms with van der Waals surface area (Å²) in [5.74, 6) is -0.678. The first-order valence-corrected chi connectivity index (χ1v) is 6.78. The van der Waals surface area contributed by atoms with Gasteiger partial charge < -0.3 is 5.11 Å². The molecule has 0 saturated heterocycles. The van der Waals surface area contributed by atoms with Gasteiger partial charge in [-0.1, -0.05) is 15.9 Å². The molecule has 90 valence electrons. The Morgan fingerprint density at radius 1 is 1.56 bits per heavy atom. The number of rotatable bonds is 4. The van der Waals surface area contributed by atoms with Crippen LogP contribution in [0, 0.1) is 5.82 Å². The van der Waals surface area contributed by atoms with Crippen molar-refractivity contribution in [1.82, 2.24) is 0 Å². The van der Waals surface area contributed by atoms with Crippen molar-refractivity contribution in [2.24, 2.45) is 0 Å². The zero-order chi connectivity index (χ0) is 12.3. The molecule has 0 spiro atoms. The summed E-state index contributed by atoms with van der Waals surface area (Å²) in [5, 5.41) is 7.75. The normalized spacial score (nSPS) is 13.5. The average molecular weight is 312 g/mol. The predicted octanol–water partition coefficient (Wildman–Crippen LogP) is 1.71. The molecule has 0 bridgehead atoms. The molecule has 1 atom stereocenters. The second-order valence-electron chi connectivity index (χ2n) is 3.26. The van der Waals surface area contributed by atoms with Gasteiger partial charge in [0.15, 0.2) is 0 Å². The lowest BCUT2D eigenvalue weighted by Crippen LogP contribution is -2.28. The summed E-state index contributed by atoms with van der Waals surface area (Å²) in [6.45, 7) is 0.812. The van der Waals surface area contributed by atoms with E-state index in [1.807, 2.05) is 0 Å². The van der Waals surface area contributed by atoms with Crippen molar-refractivity contribution in [3.63, 3.8) is 0 Å². The predicted molar refractivity (Wildman–Crippen MR) is 63.2 cm³/mol. The van der Waals surface area contributed by atoms with Crippen LogP contribution in [-0.2, 0) is 10.0 Å². The van der Waals surface area contributed by atoms with E-state index in [2.05, 4.69) is 20.7 Å². The maximum Gasteiger partial charge on any atom is 0.237 e. The Labute approximate surface area is 102 Å². The molecule has 0 aliphatic rings. The molecular formula is C9H11BrFNO3S. The van der Waals surface area contributed by atoms with Gasteiger partial charge in [0.1, 0.15) is 11.1 Å². The fourth-order valence-electron chi connectivity index (χ4n) is 0.924. The molecule has 0 heterocycles. The average Bonchev–Trinajstić information content (AvgIpc) is 2.21. The Hall–Kier alpha value is -0.660. The van der Waals surface area contributed by atoms with E-state index in [0.717, 1.165) is 6.07 Å². The molecule has 1 aromatic carbocycles. The van der Waals surface area contributed by atoms with E-state index in [-0.39, 0.29) is 5.69 Å². The van der Waals surface area contributed by atoms with Gasteiger partial charge in [-0.25, -0.2) is 12.8 Å². The van der Waals surface area contributed by atoms with E-state index in [9.17, 15) is 12.8 Å². The Morgan fingerprint density at radius 2 is 2.19 bits per heavy atom. The van der Waals surface area contributed by atoms with Gasteiger partial charge in [0, 0.05) is 4.47 Å². The maximum absolute atomic E-state index is 13.3. The molecule has 1 rings (SSSR count). The smallest absolute Gasteiger partial charge is 0.237 e. The number of nitrogens with one attached hydrogen (secondary N) is 1. The number of benzene rings is 1.